The second-order valence-electron chi connectivity index (χ2n) is 5.11. The quantitative estimate of drug-likeness (QED) is 0.738. The van der Waals surface area contributed by atoms with E-state index in [1.165, 1.54) is 11.1 Å². The van der Waals surface area contributed by atoms with E-state index in [2.05, 4.69) is 38.3 Å². The van der Waals surface area contributed by atoms with E-state index in [1.54, 1.807) is 18.6 Å². The van der Waals surface area contributed by atoms with E-state index in [4.69, 9.17) is 9.26 Å². The summed E-state index contributed by atoms with van der Waals surface area (Å²) >= 11 is 0. The third kappa shape index (κ3) is 2.48. The van der Waals surface area contributed by atoms with Gasteiger partial charge in [0.25, 0.3) is 0 Å². The molecule has 0 radical (unpaired) electrons. The Morgan fingerprint density at radius 3 is 3.05 bits per heavy atom. The van der Waals surface area contributed by atoms with Gasteiger partial charge in [-0.15, -0.1) is 0 Å². The van der Waals surface area contributed by atoms with Crippen LogP contribution in [0.15, 0.2) is 47.4 Å². The highest BCUT2D eigenvalue weighted by molar-refractivity contribution is 5.45. The summed E-state index contributed by atoms with van der Waals surface area (Å²) in [5.41, 5.74) is 3.13. The number of fused-ring (bicyclic) bond motifs is 1. The lowest BCUT2D eigenvalue weighted by Gasteiger charge is -2.24. The summed E-state index contributed by atoms with van der Waals surface area (Å²) in [7, 11) is 0. The molecular formula is C16H14N4O2. The lowest BCUT2D eigenvalue weighted by molar-refractivity contribution is 0.0375. The molecule has 4 rings (SSSR count). The molecule has 0 amide bonds. The van der Waals surface area contributed by atoms with Crippen LogP contribution in [-0.2, 0) is 17.6 Å². The van der Waals surface area contributed by atoms with Crippen molar-refractivity contribution in [1.29, 1.82) is 0 Å². The Hall–Kier alpha value is -2.60. The summed E-state index contributed by atoms with van der Waals surface area (Å²) in [6.07, 6.45) is 6.29. The maximum absolute atomic E-state index is 5.87. The number of benzene rings is 1. The fourth-order valence-electron chi connectivity index (χ4n) is 2.66. The lowest BCUT2D eigenvalue weighted by Crippen LogP contribution is -2.18. The van der Waals surface area contributed by atoms with Crippen LogP contribution in [-0.4, -0.2) is 26.7 Å². The SMILES string of the molecule is c1ccc2c(c1)CCO[C@@H]2Cc1nc(-c2cnccn2)no1. The average Bonchev–Trinajstić information content (AvgIpc) is 3.05. The Bertz CT molecular complexity index is 773. The lowest BCUT2D eigenvalue weighted by atomic mass is 9.96. The van der Waals surface area contributed by atoms with Crippen LogP contribution >= 0.6 is 0 Å². The molecule has 6 heteroatoms. The predicted octanol–water partition coefficient (Wildman–Crippen LogP) is 2.38. The highest BCUT2D eigenvalue weighted by atomic mass is 16.5. The topological polar surface area (TPSA) is 73.9 Å². The molecular weight excluding hydrogens is 280 g/mol. The molecule has 0 spiro atoms. The molecule has 0 N–H and O–H groups in total. The van der Waals surface area contributed by atoms with Crippen molar-refractivity contribution in [2.75, 3.05) is 6.61 Å². The largest absolute Gasteiger partial charge is 0.373 e. The predicted molar refractivity (Wildman–Crippen MR) is 77.9 cm³/mol. The van der Waals surface area contributed by atoms with Crippen LogP contribution in [0.1, 0.15) is 23.1 Å². The molecule has 1 aromatic carbocycles. The molecule has 1 aliphatic rings. The van der Waals surface area contributed by atoms with Crippen LogP contribution in [0.5, 0.6) is 0 Å². The van der Waals surface area contributed by atoms with Gasteiger partial charge in [0, 0.05) is 12.4 Å². The Morgan fingerprint density at radius 1 is 1.18 bits per heavy atom. The summed E-state index contributed by atoms with van der Waals surface area (Å²) in [6.45, 7) is 0.715. The Kier molecular flexibility index (Phi) is 3.36. The van der Waals surface area contributed by atoms with Gasteiger partial charge in [-0.25, -0.2) is 4.98 Å². The maximum atomic E-state index is 5.87. The normalized spacial score (nSPS) is 17.2. The van der Waals surface area contributed by atoms with Crippen LogP contribution in [0.2, 0.25) is 0 Å². The first kappa shape index (κ1) is 13.1. The molecule has 0 fully saturated rings. The maximum Gasteiger partial charge on any atom is 0.229 e. The highest BCUT2D eigenvalue weighted by Gasteiger charge is 2.23. The number of rotatable bonds is 3. The van der Waals surface area contributed by atoms with Gasteiger partial charge in [0.1, 0.15) is 5.69 Å². The summed E-state index contributed by atoms with van der Waals surface area (Å²) in [5, 5.41) is 3.96. The van der Waals surface area contributed by atoms with Gasteiger partial charge in [0.15, 0.2) is 0 Å². The summed E-state index contributed by atoms with van der Waals surface area (Å²) in [5.74, 6) is 0.995. The molecule has 0 saturated heterocycles. The second-order valence-corrected chi connectivity index (χ2v) is 5.11. The smallest absolute Gasteiger partial charge is 0.229 e. The fourth-order valence-corrected chi connectivity index (χ4v) is 2.66. The van der Waals surface area contributed by atoms with E-state index in [0.717, 1.165) is 6.42 Å². The standard InChI is InChI=1S/C16H14N4O2/c1-2-4-12-11(3-1)5-8-21-14(12)9-15-19-16(20-22-15)13-10-17-6-7-18-13/h1-4,6-7,10,14H,5,8-9H2/t14-/m1/s1. The number of hydrogen-bond donors (Lipinski definition) is 0. The van der Waals surface area contributed by atoms with Crippen molar-refractivity contribution >= 4 is 0 Å². The van der Waals surface area contributed by atoms with Crippen molar-refractivity contribution in [3.05, 3.63) is 59.9 Å². The van der Waals surface area contributed by atoms with Gasteiger partial charge >= 0.3 is 0 Å². The van der Waals surface area contributed by atoms with Crippen molar-refractivity contribution in [3.8, 4) is 11.5 Å². The van der Waals surface area contributed by atoms with E-state index in [0.29, 0.717) is 30.4 Å². The number of hydrogen-bond acceptors (Lipinski definition) is 6. The molecule has 1 aliphatic heterocycles. The monoisotopic (exact) mass is 294 g/mol. The first-order valence-corrected chi connectivity index (χ1v) is 7.18. The minimum Gasteiger partial charge on any atom is -0.373 e. The van der Waals surface area contributed by atoms with Gasteiger partial charge in [-0.2, -0.15) is 4.98 Å². The third-order valence-corrected chi connectivity index (χ3v) is 3.71. The Balaban J connectivity index is 1.57. The van der Waals surface area contributed by atoms with Crippen molar-refractivity contribution in [3.63, 3.8) is 0 Å². The number of aromatic nitrogens is 4. The molecule has 0 bridgehead atoms. The molecule has 3 aromatic rings. The Morgan fingerprint density at radius 2 is 2.14 bits per heavy atom. The first-order chi connectivity index (χ1) is 10.9. The molecule has 22 heavy (non-hydrogen) atoms. The zero-order chi connectivity index (χ0) is 14.8. The van der Waals surface area contributed by atoms with Gasteiger partial charge in [0.2, 0.25) is 11.7 Å². The van der Waals surface area contributed by atoms with Gasteiger partial charge < -0.3 is 9.26 Å². The second kappa shape index (κ2) is 5.65. The number of nitrogens with zero attached hydrogens (tertiary/aromatic N) is 4. The molecule has 0 unspecified atom stereocenters. The first-order valence-electron chi connectivity index (χ1n) is 7.18. The fraction of sp³-hybridized carbons (Fsp3) is 0.250. The van der Waals surface area contributed by atoms with Gasteiger partial charge in [-0.1, -0.05) is 29.4 Å². The van der Waals surface area contributed by atoms with Crippen LogP contribution in [0, 0.1) is 0 Å². The van der Waals surface area contributed by atoms with Crippen LogP contribution in [0.3, 0.4) is 0 Å². The molecule has 1 atom stereocenters. The highest BCUT2D eigenvalue weighted by Crippen LogP contribution is 2.29. The van der Waals surface area contributed by atoms with Crippen molar-refractivity contribution in [1.82, 2.24) is 20.1 Å². The minimum atomic E-state index is -0.0416. The van der Waals surface area contributed by atoms with E-state index in [-0.39, 0.29) is 6.10 Å². The molecule has 3 heterocycles. The number of ether oxygens (including phenoxy) is 1. The van der Waals surface area contributed by atoms with E-state index >= 15 is 0 Å². The molecule has 0 saturated carbocycles. The van der Waals surface area contributed by atoms with Gasteiger partial charge in [-0.3, -0.25) is 4.98 Å². The van der Waals surface area contributed by atoms with E-state index in [1.807, 2.05) is 6.07 Å². The van der Waals surface area contributed by atoms with Crippen molar-refractivity contribution in [2.24, 2.45) is 0 Å². The minimum absolute atomic E-state index is 0.0416. The van der Waals surface area contributed by atoms with Crippen LogP contribution in [0.4, 0.5) is 0 Å². The molecule has 110 valence electrons. The van der Waals surface area contributed by atoms with Crippen LogP contribution in [0.25, 0.3) is 11.5 Å². The summed E-state index contributed by atoms with van der Waals surface area (Å²) in [4.78, 5) is 12.6. The van der Waals surface area contributed by atoms with Crippen LogP contribution < -0.4 is 0 Å². The third-order valence-electron chi connectivity index (χ3n) is 3.71. The molecule has 6 nitrogen and oxygen atoms in total. The van der Waals surface area contributed by atoms with Crippen molar-refractivity contribution < 1.29 is 9.26 Å². The summed E-state index contributed by atoms with van der Waals surface area (Å²) in [6, 6.07) is 8.32. The Labute approximate surface area is 127 Å². The van der Waals surface area contributed by atoms with E-state index < -0.39 is 0 Å². The molecule has 2 aromatic heterocycles. The zero-order valence-electron chi connectivity index (χ0n) is 11.8. The van der Waals surface area contributed by atoms with Gasteiger partial charge in [-0.05, 0) is 17.5 Å². The summed E-state index contributed by atoms with van der Waals surface area (Å²) < 4.78 is 11.2. The van der Waals surface area contributed by atoms with Gasteiger partial charge in [0.05, 0.1) is 25.3 Å². The zero-order valence-corrected chi connectivity index (χ0v) is 11.8. The average molecular weight is 294 g/mol. The van der Waals surface area contributed by atoms with Crippen molar-refractivity contribution in [2.45, 2.75) is 18.9 Å². The molecule has 0 aliphatic carbocycles. The van der Waals surface area contributed by atoms with E-state index in [9.17, 15) is 0 Å².